The van der Waals surface area contributed by atoms with Gasteiger partial charge in [0, 0.05) is 24.3 Å². The van der Waals surface area contributed by atoms with E-state index in [2.05, 4.69) is 5.32 Å². The SMILES string of the molecule is COc1ccc(C)cc1N1C(=O)C(Cl)=C(Nc2ccc(C(=O)N3CCCCCC3)cc2)C1=O. The molecule has 0 unspecified atom stereocenters. The summed E-state index contributed by atoms with van der Waals surface area (Å²) in [4.78, 5) is 41.6. The number of hydrogen-bond donors (Lipinski definition) is 1. The number of anilines is 2. The number of nitrogens with zero attached hydrogens (tertiary/aromatic N) is 2. The number of halogens is 1. The van der Waals surface area contributed by atoms with Gasteiger partial charge in [0.15, 0.2) is 0 Å². The maximum absolute atomic E-state index is 13.1. The molecule has 3 amide bonds. The normalized spacial score (nSPS) is 16.8. The van der Waals surface area contributed by atoms with Gasteiger partial charge in [-0.3, -0.25) is 14.4 Å². The Morgan fingerprint density at radius 3 is 2.27 bits per heavy atom. The summed E-state index contributed by atoms with van der Waals surface area (Å²) in [6.45, 7) is 3.41. The summed E-state index contributed by atoms with van der Waals surface area (Å²) in [6.07, 6.45) is 4.36. The first-order valence-corrected chi connectivity index (χ1v) is 11.4. The van der Waals surface area contributed by atoms with Gasteiger partial charge >= 0.3 is 0 Å². The van der Waals surface area contributed by atoms with E-state index in [1.54, 1.807) is 36.4 Å². The highest BCUT2D eigenvalue weighted by atomic mass is 35.5. The van der Waals surface area contributed by atoms with E-state index < -0.39 is 11.8 Å². The van der Waals surface area contributed by atoms with E-state index >= 15 is 0 Å². The lowest BCUT2D eigenvalue weighted by atomic mass is 10.1. The second kappa shape index (κ2) is 9.67. The highest BCUT2D eigenvalue weighted by molar-refractivity contribution is 6.53. The number of rotatable bonds is 5. The number of amides is 3. The van der Waals surface area contributed by atoms with Gasteiger partial charge in [0.05, 0.1) is 12.8 Å². The summed E-state index contributed by atoms with van der Waals surface area (Å²) in [5, 5.41) is 2.75. The van der Waals surface area contributed by atoms with Crippen LogP contribution in [-0.4, -0.2) is 42.8 Å². The molecule has 4 rings (SSSR count). The number of ether oxygens (including phenoxy) is 1. The topological polar surface area (TPSA) is 79.0 Å². The molecule has 33 heavy (non-hydrogen) atoms. The number of methoxy groups -OCH3 is 1. The first-order chi connectivity index (χ1) is 15.9. The van der Waals surface area contributed by atoms with E-state index in [1.165, 1.54) is 7.11 Å². The van der Waals surface area contributed by atoms with Crippen molar-refractivity contribution in [3.63, 3.8) is 0 Å². The third-order valence-electron chi connectivity index (χ3n) is 5.90. The van der Waals surface area contributed by atoms with E-state index in [0.717, 1.165) is 49.2 Å². The van der Waals surface area contributed by atoms with Crippen molar-refractivity contribution in [2.75, 3.05) is 30.4 Å². The molecule has 0 bridgehead atoms. The van der Waals surface area contributed by atoms with Crippen molar-refractivity contribution in [2.24, 2.45) is 0 Å². The van der Waals surface area contributed by atoms with Crippen LogP contribution >= 0.6 is 11.6 Å². The molecule has 0 aliphatic carbocycles. The number of imide groups is 1. The molecule has 0 spiro atoms. The fraction of sp³-hybridized carbons (Fsp3) is 0.320. The lowest BCUT2D eigenvalue weighted by Gasteiger charge is -2.20. The van der Waals surface area contributed by atoms with Crippen LogP contribution in [0.15, 0.2) is 53.2 Å². The van der Waals surface area contributed by atoms with Crippen LogP contribution in [-0.2, 0) is 9.59 Å². The zero-order chi connectivity index (χ0) is 23.5. The highest BCUT2D eigenvalue weighted by Gasteiger charge is 2.40. The average Bonchev–Trinajstić information content (AvgIpc) is 3.02. The van der Waals surface area contributed by atoms with Gasteiger partial charge in [-0.15, -0.1) is 0 Å². The standard InChI is InChI=1S/C25H26ClN3O4/c1-16-7-12-20(33-2)19(15-16)29-24(31)21(26)22(25(29)32)27-18-10-8-17(9-11-18)23(30)28-13-5-3-4-6-14-28/h7-12,15,27H,3-6,13-14H2,1-2H3. The van der Waals surface area contributed by atoms with Crippen LogP contribution in [0.3, 0.4) is 0 Å². The van der Waals surface area contributed by atoms with Gasteiger partial charge in [-0.25, -0.2) is 4.90 Å². The van der Waals surface area contributed by atoms with Crippen LogP contribution in [0.5, 0.6) is 5.75 Å². The minimum atomic E-state index is -0.624. The largest absolute Gasteiger partial charge is 0.495 e. The highest BCUT2D eigenvalue weighted by Crippen LogP contribution is 2.36. The maximum Gasteiger partial charge on any atom is 0.283 e. The fourth-order valence-electron chi connectivity index (χ4n) is 4.10. The zero-order valence-electron chi connectivity index (χ0n) is 18.7. The summed E-state index contributed by atoms with van der Waals surface area (Å²) >= 11 is 6.26. The minimum Gasteiger partial charge on any atom is -0.495 e. The predicted octanol–water partition coefficient (Wildman–Crippen LogP) is 4.46. The molecule has 1 fully saturated rings. The van der Waals surface area contributed by atoms with Crippen LogP contribution in [0.25, 0.3) is 0 Å². The third kappa shape index (κ3) is 4.59. The molecular formula is C25H26ClN3O4. The molecule has 8 heteroatoms. The van der Waals surface area contributed by atoms with Crippen molar-refractivity contribution in [3.05, 3.63) is 64.3 Å². The van der Waals surface area contributed by atoms with Gasteiger partial charge in [0.1, 0.15) is 16.5 Å². The van der Waals surface area contributed by atoms with Crippen molar-refractivity contribution in [2.45, 2.75) is 32.6 Å². The molecule has 1 N–H and O–H groups in total. The Bertz CT molecular complexity index is 1120. The Hall–Kier alpha value is -3.32. The molecule has 1 saturated heterocycles. The lowest BCUT2D eigenvalue weighted by molar-refractivity contribution is -0.120. The van der Waals surface area contributed by atoms with E-state index in [0.29, 0.717) is 22.7 Å². The molecule has 2 aromatic carbocycles. The molecule has 0 saturated carbocycles. The molecule has 2 aromatic rings. The molecule has 0 atom stereocenters. The number of hydrogen-bond acceptors (Lipinski definition) is 5. The molecule has 2 aliphatic rings. The van der Waals surface area contributed by atoms with Gasteiger partial charge in [-0.05, 0) is 61.7 Å². The first-order valence-electron chi connectivity index (χ1n) is 11.0. The molecule has 2 heterocycles. The van der Waals surface area contributed by atoms with Crippen molar-refractivity contribution in [1.29, 1.82) is 0 Å². The Morgan fingerprint density at radius 2 is 1.64 bits per heavy atom. The molecule has 0 aromatic heterocycles. The molecular weight excluding hydrogens is 442 g/mol. The smallest absolute Gasteiger partial charge is 0.283 e. The Kier molecular flexibility index (Phi) is 6.70. The van der Waals surface area contributed by atoms with Gasteiger partial charge in [-0.2, -0.15) is 0 Å². The van der Waals surface area contributed by atoms with Gasteiger partial charge in [0.25, 0.3) is 17.7 Å². The van der Waals surface area contributed by atoms with Crippen LogP contribution in [0.2, 0.25) is 0 Å². The van der Waals surface area contributed by atoms with E-state index in [-0.39, 0.29) is 16.6 Å². The van der Waals surface area contributed by atoms with Crippen molar-refractivity contribution in [1.82, 2.24) is 4.90 Å². The second-order valence-corrected chi connectivity index (χ2v) is 8.60. The molecule has 0 radical (unpaired) electrons. The van der Waals surface area contributed by atoms with Crippen LogP contribution in [0.4, 0.5) is 11.4 Å². The Balaban J connectivity index is 1.52. The summed E-state index contributed by atoms with van der Waals surface area (Å²) in [5.41, 5.74) is 2.32. The van der Waals surface area contributed by atoms with Crippen molar-refractivity contribution < 1.29 is 19.1 Å². The van der Waals surface area contributed by atoms with E-state index in [1.807, 2.05) is 17.9 Å². The summed E-state index contributed by atoms with van der Waals surface area (Å²) in [6, 6.07) is 12.1. The van der Waals surface area contributed by atoms with Crippen molar-refractivity contribution >= 4 is 40.7 Å². The number of carbonyl (C=O) groups excluding carboxylic acids is 3. The Labute approximate surface area is 198 Å². The van der Waals surface area contributed by atoms with E-state index in [9.17, 15) is 14.4 Å². The van der Waals surface area contributed by atoms with Gasteiger partial charge in [0.2, 0.25) is 0 Å². The van der Waals surface area contributed by atoms with E-state index in [4.69, 9.17) is 16.3 Å². The molecule has 172 valence electrons. The second-order valence-electron chi connectivity index (χ2n) is 8.22. The average molecular weight is 468 g/mol. The zero-order valence-corrected chi connectivity index (χ0v) is 19.4. The van der Waals surface area contributed by atoms with Crippen LogP contribution in [0.1, 0.15) is 41.6 Å². The first kappa shape index (κ1) is 22.9. The molecule has 2 aliphatic heterocycles. The summed E-state index contributed by atoms with van der Waals surface area (Å²) in [5.74, 6) is -0.797. The summed E-state index contributed by atoms with van der Waals surface area (Å²) in [7, 11) is 1.47. The molecule has 7 nitrogen and oxygen atoms in total. The number of benzene rings is 2. The quantitative estimate of drug-likeness (QED) is 0.657. The van der Waals surface area contributed by atoms with Gasteiger partial charge < -0.3 is 15.0 Å². The van der Waals surface area contributed by atoms with Crippen molar-refractivity contribution in [3.8, 4) is 5.75 Å². The monoisotopic (exact) mass is 467 g/mol. The lowest BCUT2D eigenvalue weighted by Crippen LogP contribution is -2.32. The number of carbonyl (C=O) groups is 3. The number of likely N-dealkylation sites (tertiary alicyclic amines) is 1. The third-order valence-corrected chi connectivity index (χ3v) is 6.25. The van der Waals surface area contributed by atoms with Gasteiger partial charge in [-0.1, -0.05) is 30.5 Å². The number of aryl methyl sites for hydroxylation is 1. The number of nitrogens with one attached hydrogen (secondary N) is 1. The maximum atomic E-state index is 13.1. The Morgan fingerprint density at radius 1 is 0.970 bits per heavy atom. The minimum absolute atomic E-state index is 0.00513. The summed E-state index contributed by atoms with van der Waals surface area (Å²) < 4.78 is 5.33. The predicted molar refractivity (Wildman–Crippen MR) is 128 cm³/mol. The van der Waals surface area contributed by atoms with Crippen LogP contribution < -0.4 is 15.0 Å². The fourth-order valence-corrected chi connectivity index (χ4v) is 4.31. The van der Waals surface area contributed by atoms with Crippen LogP contribution in [0, 0.1) is 6.92 Å².